The molecule has 0 aliphatic rings. The fourth-order valence-corrected chi connectivity index (χ4v) is 7.28. The summed E-state index contributed by atoms with van der Waals surface area (Å²) in [6.07, 6.45) is 4.93. The van der Waals surface area contributed by atoms with Gasteiger partial charge in [-0.3, -0.25) is 14.3 Å². The van der Waals surface area contributed by atoms with E-state index in [0.29, 0.717) is 43.5 Å². The molecule has 0 amide bonds. The van der Waals surface area contributed by atoms with E-state index in [1.165, 1.54) is 10.2 Å². The van der Waals surface area contributed by atoms with Gasteiger partial charge in [-0.25, -0.2) is 4.68 Å². The number of nitrogens with zero attached hydrogens (tertiary/aromatic N) is 5. The minimum Gasteiger partial charge on any atom is -0.506 e. The summed E-state index contributed by atoms with van der Waals surface area (Å²) in [5.74, 6) is 0.341. The molecule has 0 radical (unpaired) electrons. The van der Waals surface area contributed by atoms with Crippen LogP contribution in [0.5, 0.6) is 11.5 Å². The summed E-state index contributed by atoms with van der Waals surface area (Å²) >= 11 is 13.0. The molecule has 0 saturated carbocycles. The van der Waals surface area contributed by atoms with E-state index in [0.717, 1.165) is 33.2 Å². The van der Waals surface area contributed by atoms with Gasteiger partial charge in [-0.05, 0) is 72.0 Å². The molecule has 9 aromatic rings. The number of hydrogen-bond acceptors (Lipinski definition) is 8. The Bertz CT molecular complexity index is 3070. The molecule has 5 aromatic heterocycles. The van der Waals surface area contributed by atoms with E-state index in [1.54, 1.807) is 66.6 Å². The van der Waals surface area contributed by atoms with Gasteiger partial charge < -0.3 is 24.7 Å². The molecular weight excluding hydrogens is 753 g/mol. The maximum atomic E-state index is 12.5. The van der Waals surface area contributed by atoms with Gasteiger partial charge in [0.25, 0.3) is 11.1 Å². The van der Waals surface area contributed by atoms with E-state index >= 15 is 0 Å². The van der Waals surface area contributed by atoms with Crippen LogP contribution in [-0.4, -0.2) is 44.9 Å². The number of pyridine rings is 2. The van der Waals surface area contributed by atoms with Crippen molar-refractivity contribution < 1.29 is 14.7 Å². The second kappa shape index (κ2) is 14.2. The summed E-state index contributed by atoms with van der Waals surface area (Å²) in [7, 11) is 1.89. The Labute approximate surface area is 328 Å². The van der Waals surface area contributed by atoms with E-state index in [1.807, 2.05) is 37.4 Å². The van der Waals surface area contributed by atoms with Crippen molar-refractivity contribution in [1.29, 1.82) is 0 Å². The molecule has 4 N–H and O–H groups in total. The van der Waals surface area contributed by atoms with Crippen molar-refractivity contribution in [1.82, 2.24) is 34.7 Å². The highest BCUT2D eigenvalue weighted by Gasteiger charge is 2.20. The molecule has 0 saturated heterocycles. The largest absolute Gasteiger partial charge is 0.506 e. The van der Waals surface area contributed by atoms with Crippen LogP contribution in [0.25, 0.3) is 72.0 Å². The molecule has 9 rings (SSSR count). The maximum absolute atomic E-state index is 12.5. The topological polar surface area (TPSA) is 168 Å². The molecule has 0 unspecified atom stereocenters. The van der Waals surface area contributed by atoms with Crippen molar-refractivity contribution in [3.8, 4) is 50.8 Å². The molecule has 0 bridgehead atoms. The highest BCUT2D eigenvalue weighted by Crippen LogP contribution is 2.39. The number of hydrogen-bond donors (Lipinski definition) is 4. The van der Waals surface area contributed by atoms with Gasteiger partial charge in [-0.1, -0.05) is 72.5 Å². The Balaban J connectivity index is 0.000000157. The van der Waals surface area contributed by atoms with Gasteiger partial charge in [0.05, 0.1) is 38.5 Å². The van der Waals surface area contributed by atoms with Gasteiger partial charge in [0.15, 0.2) is 17.2 Å². The van der Waals surface area contributed by atoms with Crippen LogP contribution in [0.2, 0.25) is 10.0 Å². The minimum absolute atomic E-state index is 0.0523. The molecule has 12 nitrogen and oxygen atoms in total. The predicted molar refractivity (Wildman–Crippen MR) is 219 cm³/mol. The van der Waals surface area contributed by atoms with Gasteiger partial charge in [-0.15, -0.1) is 0 Å². The fraction of sp³-hybridized carbons (Fsp3) is 0.119. The summed E-state index contributed by atoms with van der Waals surface area (Å²) in [4.78, 5) is 30.5. The van der Waals surface area contributed by atoms with Crippen molar-refractivity contribution in [2.24, 2.45) is 7.05 Å². The second-order valence-corrected chi connectivity index (χ2v) is 14.5. The van der Waals surface area contributed by atoms with Crippen LogP contribution in [0.4, 0.5) is 0 Å². The quantitative estimate of drug-likeness (QED) is 0.134. The first-order valence-electron chi connectivity index (χ1n) is 17.5. The van der Waals surface area contributed by atoms with E-state index in [-0.39, 0.29) is 28.5 Å². The van der Waals surface area contributed by atoms with E-state index < -0.39 is 11.1 Å². The van der Waals surface area contributed by atoms with Crippen LogP contribution in [-0.2, 0) is 7.05 Å². The average Bonchev–Trinajstić information content (AvgIpc) is 3.94. The Hall–Kier alpha value is -6.63. The van der Waals surface area contributed by atoms with Gasteiger partial charge in [-0.2, -0.15) is 10.2 Å². The molecule has 56 heavy (non-hydrogen) atoms. The maximum Gasteiger partial charge on any atom is 0.278 e. The molecule has 0 fully saturated rings. The Morgan fingerprint density at radius 2 is 1.43 bits per heavy atom. The van der Waals surface area contributed by atoms with Gasteiger partial charge in [0.2, 0.25) is 0 Å². The molecule has 14 heteroatoms. The molecule has 4 aromatic carbocycles. The summed E-state index contributed by atoms with van der Waals surface area (Å²) in [5.41, 5.74) is 6.30. The standard InChI is InChI=1S/C22H19ClN2O3.C20H14ClN5O2/c1-11(2)13-4-6-14(7-5-13)15-9-16-18(10-17(15)23)24-22(27)20(21(16)26)19-8-12(3)25-28-19;1-25-17-4-3-11(7-12(17)10-23-25)13-8-14-16(9-15(13)21)24-20(28)18(19(14)27)26-6-2-5-22-26/h4-11H,1-3H3,(H2,24,26,27);2-10H,1H3,(H2,24,27,28). The Morgan fingerprint density at radius 3 is 2.05 bits per heavy atom. The van der Waals surface area contributed by atoms with Crippen molar-refractivity contribution in [3.63, 3.8) is 0 Å². The summed E-state index contributed by atoms with van der Waals surface area (Å²) < 4.78 is 8.32. The third-order valence-electron chi connectivity index (χ3n) is 9.68. The first-order valence-corrected chi connectivity index (χ1v) is 18.3. The molecule has 0 aliphatic heterocycles. The van der Waals surface area contributed by atoms with Crippen molar-refractivity contribution >= 4 is 55.9 Å². The number of rotatable bonds is 5. The van der Waals surface area contributed by atoms with E-state index in [9.17, 15) is 19.8 Å². The zero-order valence-corrected chi connectivity index (χ0v) is 31.9. The van der Waals surface area contributed by atoms with Gasteiger partial charge in [0.1, 0.15) is 11.3 Å². The van der Waals surface area contributed by atoms with E-state index in [4.69, 9.17) is 27.7 Å². The molecule has 0 spiro atoms. The Kier molecular flexibility index (Phi) is 9.23. The fourth-order valence-electron chi connectivity index (χ4n) is 6.73. The summed E-state index contributed by atoms with van der Waals surface area (Å²) in [5, 5.41) is 36.6. The zero-order valence-electron chi connectivity index (χ0n) is 30.4. The number of nitrogens with one attached hydrogen (secondary N) is 2. The number of H-pyrrole nitrogens is 2. The third kappa shape index (κ3) is 6.48. The molecular formula is C42H33Cl2N7O5. The smallest absolute Gasteiger partial charge is 0.278 e. The van der Waals surface area contributed by atoms with Gasteiger partial charge >= 0.3 is 0 Å². The number of aromatic hydroxyl groups is 2. The first kappa shape index (κ1) is 36.4. The summed E-state index contributed by atoms with van der Waals surface area (Å²) in [6, 6.07) is 24.2. The SMILES string of the molecule is Cc1cc(-c2c(O)c3cc(-c4ccc(C(C)C)cc4)c(Cl)cc3[nH]c2=O)on1.Cn1ncc2cc(-c3cc4c(O)c(-n5cccn5)c(=O)[nH]c4cc3Cl)ccc21. The number of aromatic amines is 2. The lowest BCUT2D eigenvalue weighted by molar-refractivity contribution is 0.421. The molecule has 0 aliphatic carbocycles. The van der Waals surface area contributed by atoms with Crippen LogP contribution < -0.4 is 11.1 Å². The van der Waals surface area contributed by atoms with Crippen molar-refractivity contribution in [3.05, 3.63) is 139 Å². The first-order chi connectivity index (χ1) is 26.9. The Morgan fingerprint density at radius 1 is 0.786 bits per heavy atom. The van der Waals surface area contributed by atoms with Crippen LogP contribution in [0, 0.1) is 6.92 Å². The highest BCUT2D eigenvalue weighted by atomic mass is 35.5. The van der Waals surface area contributed by atoms with E-state index in [2.05, 4.69) is 51.3 Å². The second-order valence-electron chi connectivity index (χ2n) is 13.7. The molecule has 0 atom stereocenters. The van der Waals surface area contributed by atoms with Crippen molar-refractivity contribution in [2.45, 2.75) is 26.7 Å². The number of fused-ring (bicyclic) bond motifs is 3. The van der Waals surface area contributed by atoms with Crippen LogP contribution >= 0.6 is 23.2 Å². The number of aromatic nitrogens is 7. The van der Waals surface area contributed by atoms with Crippen LogP contribution in [0.3, 0.4) is 0 Å². The summed E-state index contributed by atoms with van der Waals surface area (Å²) in [6.45, 7) is 6.02. The molecule has 5 heterocycles. The normalized spacial score (nSPS) is 11.5. The lowest BCUT2D eigenvalue weighted by Gasteiger charge is -2.11. The highest BCUT2D eigenvalue weighted by molar-refractivity contribution is 6.34. The predicted octanol–water partition coefficient (Wildman–Crippen LogP) is 9.27. The van der Waals surface area contributed by atoms with Crippen LogP contribution in [0.1, 0.15) is 31.0 Å². The molecule has 280 valence electrons. The zero-order chi connectivity index (χ0) is 39.4. The number of aryl methyl sites for hydroxylation is 2. The van der Waals surface area contributed by atoms with Crippen molar-refractivity contribution in [2.75, 3.05) is 0 Å². The number of halogens is 2. The monoisotopic (exact) mass is 785 g/mol. The van der Waals surface area contributed by atoms with Gasteiger partial charge in [0, 0.05) is 52.8 Å². The third-order valence-corrected chi connectivity index (χ3v) is 10.3. The number of benzene rings is 4. The lowest BCUT2D eigenvalue weighted by atomic mass is 9.97. The lowest BCUT2D eigenvalue weighted by Crippen LogP contribution is -2.15. The van der Waals surface area contributed by atoms with Crippen LogP contribution in [0.15, 0.2) is 112 Å². The average molecular weight is 787 g/mol. The minimum atomic E-state index is -0.466.